The summed E-state index contributed by atoms with van der Waals surface area (Å²) in [6, 6.07) is 9.79. The molecule has 0 saturated heterocycles. The number of hydrogen-bond acceptors (Lipinski definition) is 5. The summed E-state index contributed by atoms with van der Waals surface area (Å²) in [6.07, 6.45) is 0. The molecule has 3 aromatic rings. The molecule has 0 aliphatic carbocycles. The van der Waals surface area contributed by atoms with Crippen molar-refractivity contribution in [3.63, 3.8) is 0 Å². The van der Waals surface area contributed by atoms with Gasteiger partial charge in [0, 0.05) is 30.8 Å². The molecule has 1 aromatic heterocycles. The predicted octanol–water partition coefficient (Wildman–Crippen LogP) is 4.01. The maximum atomic E-state index is 12.7. The van der Waals surface area contributed by atoms with E-state index in [1.165, 1.54) is 35.6 Å². The first-order valence-corrected chi connectivity index (χ1v) is 9.74. The Balaban J connectivity index is 2.11. The molecule has 1 heterocycles. The Hall–Kier alpha value is -2.84. The molecule has 0 fully saturated rings. The number of thiazole rings is 1. The van der Waals surface area contributed by atoms with E-state index in [0.717, 1.165) is 21.3 Å². The van der Waals surface area contributed by atoms with Crippen LogP contribution in [-0.4, -0.2) is 28.6 Å². The van der Waals surface area contributed by atoms with Crippen LogP contribution in [-0.2, 0) is 11.3 Å². The summed E-state index contributed by atoms with van der Waals surface area (Å²) in [6.45, 7) is 7.68. The van der Waals surface area contributed by atoms with E-state index in [0.29, 0.717) is 24.6 Å². The molecular formula is C20H21N3O4S. The average molecular weight is 399 g/mol. The van der Waals surface area contributed by atoms with Gasteiger partial charge in [-0.2, -0.15) is 4.99 Å². The third-order valence-corrected chi connectivity index (χ3v) is 5.51. The van der Waals surface area contributed by atoms with Gasteiger partial charge in [-0.15, -0.1) is 0 Å². The number of carbonyl (C=O) groups is 1. The van der Waals surface area contributed by atoms with Gasteiger partial charge in [-0.05, 0) is 44.0 Å². The van der Waals surface area contributed by atoms with Crippen LogP contribution in [0.5, 0.6) is 0 Å². The first kappa shape index (κ1) is 19.9. The Morgan fingerprint density at radius 2 is 2.07 bits per heavy atom. The third kappa shape index (κ3) is 4.18. The number of benzene rings is 2. The molecule has 3 rings (SSSR count). The fourth-order valence-electron chi connectivity index (χ4n) is 3.02. The summed E-state index contributed by atoms with van der Waals surface area (Å²) in [7, 11) is 0. The van der Waals surface area contributed by atoms with E-state index >= 15 is 0 Å². The molecule has 1 amide bonds. The zero-order valence-electron chi connectivity index (χ0n) is 16.0. The molecular weight excluding hydrogens is 378 g/mol. The van der Waals surface area contributed by atoms with E-state index in [4.69, 9.17) is 4.74 Å². The average Bonchev–Trinajstić information content (AvgIpc) is 3.00. The SMILES string of the molecule is CCOCCn1c(=NC(=O)c2cccc([N+](=O)[O-])c2)sc2c(C)cc(C)cc21. The van der Waals surface area contributed by atoms with Crippen molar-refractivity contribution in [2.45, 2.75) is 27.3 Å². The Morgan fingerprint density at radius 3 is 2.79 bits per heavy atom. The van der Waals surface area contributed by atoms with Crippen molar-refractivity contribution in [1.29, 1.82) is 0 Å². The minimum atomic E-state index is -0.523. The largest absolute Gasteiger partial charge is 0.380 e. The third-order valence-electron chi connectivity index (χ3n) is 4.28. The highest BCUT2D eigenvalue weighted by Crippen LogP contribution is 2.23. The molecule has 0 unspecified atom stereocenters. The van der Waals surface area contributed by atoms with E-state index in [-0.39, 0.29) is 11.3 Å². The highest BCUT2D eigenvalue weighted by molar-refractivity contribution is 7.16. The summed E-state index contributed by atoms with van der Waals surface area (Å²) < 4.78 is 8.52. The number of ether oxygens (including phenoxy) is 1. The monoisotopic (exact) mass is 399 g/mol. The van der Waals surface area contributed by atoms with Crippen LogP contribution in [0.2, 0.25) is 0 Å². The zero-order valence-corrected chi connectivity index (χ0v) is 16.8. The molecule has 0 aliphatic rings. The topological polar surface area (TPSA) is 86.7 Å². The Kier molecular flexibility index (Phi) is 6.01. The number of rotatable bonds is 6. The normalized spacial score (nSPS) is 11.9. The molecule has 28 heavy (non-hydrogen) atoms. The maximum absolute atomic E-state index is 12.7. The van der Waals surface area contributed by atoms with Crippen molar-refractivity contribution >= 4 is 33.1 Å². The lowest BCUT2D eigenvalue weighted by atomic mass is 10.1. The van der Waals surface area contributed by atoms with Crippen LogP contribution in [0.3, 0.4) is 0 Å². The molecule has 0 spiro atoms. The van der Waals surface area contributed by atoms with Gasteiger partial charge in [0.15, 0.2) is 4.80 Å². The zero-order chi connectivity index (χ0) is 20.3. The maximum Gasteiger partial charge on any atom is 0.279 e. The van der Waals surface area contributed by atoms with Gasteiger partial charge in [-0.3, -0.25) is 14.9 Å². The standard InChI is InChI=1S/C20H21N3O4S/c1-4-27-9-8-22-17-11-13(2)10-14(3)18(17)28-20(22)21-19(24)15-6-5-7-16(12-15)23(25)26/h5-7,10-12H,4,8-9H2,1-3H3. The number of aryl methyl sites for hydroxylation is 2. The number of fused-ring (bicyclic) bond motifs is 1. The lowest BCUT2D eigenvalue weighted by molar-refractivity contribution is -0.384. The summed E-state index contributed by atoms with van der Waals surface area (Å²) in [5, 5.41) is 11.0. The Morgan fingerprint density at radius 1 is 1.29 bits per heavy atom. The molecule has 0 atom stereocenters. The van der Waals surface area contributed by atoms with Gasteiger partial charge in [-0.1, -0.05) is 23.5 Å². The fraction of sp³-hybridized carbons (Fsp3) is 0.300. The van der Waals surface area contributed by atoms with E-state index in [2.05, 4.69) is 17.1 Å². The summed E-state index contributed by atoms with van der Waals surface area (Å²) in [5.41, 5.74) is 3.32. The minimum Gasteiger partial charge on any atom is -0.380 e. The van der Waals surface area contributed by atoms with Crippen LogP contribution in [0.4, 0.5) is 5.69 Å². The Bertz CT molecular complexity index is 1110. The second-order valence-electron chi connectivity index (χ2n) is 6.39. The molecule has 0 aliphatic heterocycles. The minimum absolute atomic E-state index is 0.131. The van der Waals surface area contributed by atoms with Crippen LogP contribution in [0.1, 0.15) is 28.4 Å². The van der Waals surface area contributed by atoms with Crippen molar-refractivity contribution in [2.75, 3.05) is 13.2 Å². The van der Waals surface area contributed by atoms with Gasteiger partial charge in [0.05, 0.1) is 21.7 Å². The molecule has 0 saturated carbocycles. The predicted molar refractivity (Wildman–Crippen MR) is 109 cm³/mol. The van der Waals surface area contributed by atoms with Crippen molar-refractivity contribution in [3.05, 3.63) is 68.0 Å². The van der Waals surface area contributed by atoms with Crippen molar-refractivity contribution in [1.82, 2.24) is 4.57 Å². The molecule has 0 bridgehead atoms. The second kappa shape index (κ2) is 8.45. The smallest absolute Gasteiger partial charge is 0.279 e. The number of nitro benzene ring substituents is 1. The van der Waals surface area contributed by atoms with Gasteiger partial charge in [0.25, 0.3) is 11.6 Å². The highest BCUT2D eigenvalue weighted by atomic mass is 32.1. The van der Waals surface area contributed by atoms with E-state index in [9.17, 15) is 14.9 Å². The molecule has 7 nitrogen and oxygen atoms in total. The first-order chi connectivity index (χ1) is 13.4. The summed E-state index contributed by atoms with van der Waals surface area (Å²) in [5.74, 6) is -0.505. The van der Waals surface area contributed by atoms with Gasteiger partial charge >= 0.3 is 0 Å². The van der Waals surface area contributed by atoms with Gasteiger partial charge < -0.3 is 9.30 Å². The van der Waals surface area contributed by atoms with Crippen LogP contribution < -0.4 is 4.80 Å². The molecule has 146 valence electrons. The Labute approximate surface area is 166 Å². The lowest BCUT2D eigenvalue weighted by Gasteiger charge is -2.07. The number of nitro groups is 1. The van der Waals surface area contributed by atoms with Crippen molar-refractivity contribution in [2.24, 2.45) is 4.99 Å². The van der Waals surface area contributed by atoms with Gasteiger partial charge in [-0.25, -0.2) is 0 Å². The second-order valence-corrected chi connectivity index (χ2v) is 7.37. The number of amides is 1. The van der Waals surface area contributed by atoms with Crippen molar-refractivity contribution in [3.8, 4) is 0 Å². The molecule has 8 heteroatoms. The quantitative estimate of drug-likeness (QED) is 0.356. The van der Waals surface area contributed by atoms with Crippen LogP contribution in [0, 0.1) is 24.0 Å². The fourth-order valence-corrected chi connectivity index (χ4v) is 4.12. The summed E-state index contributed by atoms with van der Waals surface area (Å²) >= 11 is 1.44. The van der Waals surface area contributed by atoms with Gasteiger partial charge in [0.1, 0.15) is 0 Å². The number of non-ortho nitro benzene ring substituents is 1. The van der Waals surface area contributed by atoms with Gasteiger partial charge in [0.2, 0.25) is 0 Å². The molecule has 2 aromatic carbocycles. The first-order valence-electron chi connectivity index (χ1n) is 8.92. The summed E-state index contributed by atoms with van der Waals surface area (Å²) in [4.78, 5) is 28.0. The number of carbonyl (C=O) groups excluding carboxylic acids is 1. The van der Waals surface area contributed by atoms with Crippen molar-refractivity contribution < 1.29 is 14.5 Å². The number of hydrogen-bond donors (Lipinski definition) is 0. The van der Waals surface area contributed by atoms with Crippen LogP contribution >= 0.6 is 11.3 Å². The number of nitrogens with zero attached hydrogens (tertiary/aromatic N) is 3. The molecule has 0 N–H and O–H groups in total. The van der Waals surface area contributed by atoms with E-state index in [1.807, 2.05) is 25.3 Å². The van der Waals surface area contributed by atoms with E-state index < -0.39 is 10.8 Å². The lowest BCUT2D eigenvalue weighted by Crippen LogP contribution is -2.19. The van der Waals surface area contributed by atoms with Crippen LogP contribution in [0.25, 0.3) is 10.2 Å². The number of aromatic nitrogens is 1. The molecule has 0 radical (unpaired) electrons. The highest BCUT2D eigenvalue weighted by Gasteiger charge is 2.14. The van der Waals surface area contributed by atoms with E-state index in [1.54, 1.807) is 0 Å². The van der Waals surface area contributed by atoms with Crippen LogP contribution in [0.15, 0.2) is 41.4 Å².